The van der Waals surface area contributed by atoms with E-state index in [1.54, 1.807) is 0 Å². The summed E-state index contributed by atoms with van der Waals surface area (Å²) in [5.41, 5.74) is 2.36. The van der Waals surface area contributed by atoms with Crippen LogP contribution in [0.25, 0.3) is 11.4 Å². The van der Waals surface area contributed by atoms with E-state index in [4.69, 9.17) is 0 Å². The zero-order chi connectivity index (χ0) is 13.0. The molecule has 2 rings (SSSR count). The highest BCUT2D eigenvalue weighted by molar-refractivity contribution is 5.55. The van der Waals surface area contributed by atoms with E-state index in [1.807, 2.05) is 4.57 Å². The Morgan fingerprint density at radius 3 is 2.39 bits per heavy atom. The molecule has 1 aromatic carbocycles. The Hall–Kier alpha value is -1.68. The maximum atomic E-state index is 9.26. The Labute approximate surface area is 107 Å². The van der Waals surface area contributed by atoms with Gasteiger partial charge in [-0.2, -0.15) is 0 Å². The topological polar surface area (TPSA) is 50.9 Å². The number of benzene rings is 1. The van der Waals surface area contributed by atoms with E-state index in [1.165, 1.54) is 5.56 Å². The second kappa shape index (κ2) is 5.78. The molecule has 1 aromatic heterocycles. The molecule has 96 valence electrons. The molecule has 4 nitrogen and oxygen atoms in total. The minimum atomic E-state index is -0.0694. The minimum absolute atomic E-state index is 0.0694. The van der Waals surface area contributed by atoms with Crippen LogP contribution in [0.5, 0.6) is 0 Å². The highest BCUT2D eigenvalue weighted by atomic mass is 16.3. The summed E-state index contributed by atoms with van der Waals surface area (Å²) in [7, 11) is 0. The van der Waals surface area contributed by atoms with Gasteiger partial charge in [-0.25, -0.2) is 0 Å². The maximum absolute atomic E-state index is 9.26. The highest BCUT2D eigenvalue weighted by Gasteiger charge is 2.12. The van der Waals surface area contributed by atoms with Crippen LogP contribution < -0.4 is 0 Å². The molecule has 4 heteroatoms. The van der Waals surface area contributed by atoms with Gasteiger partial charge in [-0.05, 0) is 18.4 Å². The molecule has 0 aliphatic heterocycles. The van der Waals surface area contributed by atoms with Crippen LogP contribution in [0.4, 0.5) is 0 Å². The SMILES string of the molecule is CCCn1c(CO)nnc1-c1ccc(CC)cc1. The second-order valence-corrected chi connectivity index (χ2v) is 4.30. The minimum Gasteiger partial charge on any atom is -0.388 e. The van der Waals surface area contributed by atoms with Gasteiger partial charge < -0.3 is 9.67 Å². The molecule has 0 aliphatic rings. The zero-order valence-corrected chi connectivity index (χ0v) is 10.9. The van der Waals surface area contributed by atoms with Gasteiger partial charge in [-0.15, -0.1) is 10.2 Å². The van der Waals surface area contributed by atoms with Crippen molar-refractivity contribution >= 4 is 0 Å². The van der Waals surface area contributed by atoms with E-state index >= 15 is 0 Å². The quantitative estimate of drug-likeness (QED) is 0.880. The lowest BCUT2D eigenvalue weighted by Crippen LogP contribution is -2.05. The lowest BCUT2D eigenvalue weighted by molar-refractivity contribution is 0.264. The number of aliphatic hydroxyl groups excluding tert-OH is 1. The van der Waals surface area contributed by atoms with Crippen LogP contribution in [-0.4, -0.2) is 19.9 Å². The predicted octanol–water partition coefficient (Wildman–Crippen LogP) is 2.41. The number of hydrogen-bond acceptors (Lipinski definition) is 3. The van der Waals surface area contributed by atoms with Crippen molar-refractivity contribution in [2.24, 2.45) is 0 Å². The first kappa shape index (κ1) is 12.8. The lowest BCUT2D eigenvalue weighted by atomic mass is 10.1. The van der Waals surface area contributed by atoms with E-state index in [-0.39, 0.29) is 6.61 Å². The van der Waals surface area contributed by atoms with Gasteiger partial charge in [-0.3, -0.25) is 0 Å². The van der Waals surface area contributed by atoms with Crippen LogP contribution in [0.3, 0.4) is 0 Å². The fourth-order valence-electron chi connectivity index (χ4n) is 2.01. The molecule has 18 heavy (non-hydrogen) atoms. The van der Waals surface area contributed by atoms with Crippen molar-refractivity contribution in [2.45, 2.75) is 39.8 Å². The van der Waals surface area contributed by atoms with Gasteiger partial charge in [0.15, 0.2) is 11.6 Å². The molecule has 0 spiro atoms. The summed E-state index contributed by atoms with van der Waals surface area (Å²) in [6.45, 7) is 5.00. The van der Waals surface area contributed by atoms with E-state index in [0.717, 1.165) is 30.8 Å². The molecule has 0 saturated carbocycles. The molecule has 0 fully saturated rings. The number of aryl methyl sites for hydroxylation is 1. The van der Waals surface area contributed by atoms with Gasteiger partial charge in [-0.1, -0.05) is 38.1 Å². The standard InChI is InChI=1S/C14H19N3O/c1-3-9-17-13(10-18)15-16-14(17)12-7-5-11(4-2)6-8-12/h5-8,18H,3-4,9-10H2,1-2H3. The number of hydrogen-bond donors (Lipinski definition) is 1. The van der Waals surface area contributed by atoms with Gasteiger partial charge in [0, 0.05) is 12.1 Å². The van der Waals surface area contributed by atoms with Crippen LogP contribution in [0.15, 0.2) is 24.3 Å². The third kappa shape index (κ3) is 2.43. The smallest absolute Gasteiger partial charge is 0.164 e. The van der Waals surface area contributed by atoms with Crippen LogP contribution in [0.1, 0.15) is 31.7 Å². The Kier molecular flexibility index (Phi) is 4.10. The molecule has 1 N–H and O–H groups in total. The molecule has 0 unspecified atom stereocenters. The van der Waals surface area contributed by atoms with Crippen molar-refractivity contribution in [2.75, 3.05) is 0 Å². The van der Waals surface area contributed by atoms with Crippen LogP contribution in [0.2, 0.25) is 0 Å². The number of nitrogens with zero attached hydrogens (tertiary/aromatic N) is 3. The third-order valence-corrected chi connectivity index (χ3v) is 3.04. The molecule has 1 heterocycles. The molecule has 0 amide bonds. The second-order valence-electron chi connectivity index (χ2n) is 4.30. The summed E-state index contributed by atoms with van der Waals surface area (Å²) >= 11 is 0. The number of rotatable bonds is 5. The van der Waals surface area contributed by atoms with Crippen molar-refractivity contribution in [1.29, 1.82) is 0 Å². The fourth-order valence-corrected chi connectivity index (χ4v) is 2.01. The third-order valence-electron chi connectivity index (χ3n) is 3.04. The van der Waals surface area contributed by atoms with Crippen LogP contribution in [-0.2, 0) is 19.6 Å². The molecule has 0 bridgehead atoms. The van der Waals surface area contributed by atoms with E-state index < -0.39 is 0 Å². The average molecular weight is 245 g/mol. The van der Waals surface area contributed by atoms with Gasteiger partial charge >= 0.3 is 0 Å². The van der Waals surface area contributed by atoms with Gasteiger partial charge in [0.05, 0.1) is 0 Å². The van der Waals surface area contributed by atoms with Crippen LogP contribution >= 0.6 is 0 Å². The first-order valence-corrected chi connectivity index (χ1v) is 6.42. The summed E-state index contributed by atoms with van der Waals surface area (Å²) in [6, 6.07) is 8.35. The summed E-state index contributed by atoms with van der Waals surface area (Å²) in [5.74, 6) is 1.47. The Morgan fingerprint density at radius 2 is 1.83 bits per heavy atom. The Balaban J connectivity index is 2.39. The van der Waals surface area contributed by atoms with E-state index in [2.05, 4.69) is 48.3 Å². The largest absolute Gasteiger partial charge is 0.388 e. The van der Waals surface area contributed by atoms with Crippen molar-refractivity contribution in [1.82, 2.24) is 14.8 Å². The van der Waals surface area contributed by atoms with Crippen LogP contribution in [0, 0.1) is 0 Å². The Bertz CT molecular complexity index is 502. The van der Waals surface area contributed by atoms with Gasteiger partial charge in [0.1, 0.15) is 6.61 Å². The molecule has 0 atom stereocenters. The highest BCUT2D eigenvalue weighted by Crippen LogP contribution is 2.19. The molecule has 2 aromatic rings. The predicted molar refractivity (Wildman–Crippen MR) is 71.0 cm³/mol. The summed E-state index contributed by atoms with van der Waals surface area (Å²) in [5, 5.41) is 17.5. The van der Waals surface area contributed by atoms with E-state index in [9.17, 15) is 5.11 Å². The summed E-state index contributed by atoms with van der Waals surface area (Å²) < 4.78 is 1.99. The number of aliphatic hydroxyl groups is 1. The fraction of sp³-hybridized carbons (Fsp3) is 0.429. The van der Waals surface area contributed by atoms with Crippen molar-refractivity contribution in [3.63, 3.8) is 0 Å². The summed E-state index contributed by atoms with van der Waals surface area (Å²) in [6.07, 6.45) is 2.02. The molecular weight excluding hydrogens is 226 g/mol. The normalized spacial score (nSPS) is 10.8. The first-order chi connectivity index (χ1) is 8.80. The average Bonchev–Trinajstić information content (AvgIpc) is 2.82. The monoisotopic (exact) mass is 245 g/mol. The maximum Gasteiger partial charge on any atom is 0.164 e. The molecule has 0 radical (unpaired) electrons. The first-order valence-electron chi connectivity index (χ1n) is 6.42. The van der Waals surface area contributed by atoms with Gasteiger partial charge in [0.2, 0.25) is 0 Å². The Morgan fingerprint density at radius 1 is 1.11 bits per heavy atom. The number of aromatic nitrogens is 3. The molecule has 0 aliphatic carbocycles. The molecule has 0 saturated heterocycles. The lowest BCUT2D eigenvalue weighted by Gasteiger charge is -2.08. The van der Waals surface area contributed by atoms with Gasteiger partial charge in [0.25, 0.3) is 0 Å². The van der Waals surface area contributed by atoms with Crippen molar-refractivity contribution in [3.8, 4) is 11.4 Å². The van der Waals surface area contributed by atoms with E-state index in [0.29, 0.717) is 5.82 Å². The van der Waals surface area contributed by atoms with Crippen molar-refractivity contribution in [3.05, 3.63) is 35.7 Å². The van der Waals surface area contributed by atoms with Crippen molar-refractivity contribution < 1.29 is 5.11 Å². The zero-order valence-electron chi connectivity index (χ0n) is 10.9. The molecular formula is C14H19N3O. The summed E-state index contributed by atoms with van der Waals surface area (Å²) in [4.78, 5) is 0.